The highest BCUT2D eigenvalue weighted by atomic mass is 16.6. The lowest BCUT2D eigenvalue weighted by molar-refractivity contribution is -0.880. The van der Waals surface area contributed by atoms with Gasteiger partial charge in [0.25, 0.3) is 0 Å². The molecule has 2 saturated heterocycles. The Bertz CT molecular complexity index is 310. The predicted octanol–water partition coefficient (Wildman–Crippen LogP) is 2.07. The van der Waals surface area contributed by atoms with Crippen LogP contribution in [-0.4, -0.2) is 36.4 Å². The third-order valence-corrected chi connectivity index (χ3v) is 3.97. The minimum Gasteiger partial charge on any atom is -0.633 e. The Hall–Kier alpha value is -0.610. The van der Waals surface area contributed by atoms with Crippen LogP contribution in [0.15, 0.2) is 0 Å². The molecule has 4 heteroatoms. The molecule has 0 aromatic carbocycles. The molecule has 17 heavy (non-hydrogen) atoms. The SMILES string of the molecule is CC(C)(C)C(=O)OCC1CC2CCC[N+]2([O-])C1. The van der Waals surface area contributed by atoms with Crippen LogP contribution < -0.4 is 0 Å². The predicted molar refractivity (Wildman–Crippen MR) is 64.9 cm³/mol. The van der Waals surface area contributed by atoms with Crippen LogP contribution >= 0.6 is 0 Å². The fourth-order valence-electron chi connectivity index (χ4n) is 2.99. The van der Waals surface area contributed by atoms with E-state index < -0.39 is 5.41 Å². The number of nitrogens with zero attached hydrogens (tertiary/aromatic N) is 1. The maximum atomic E-state index is 12.3. The summed E-state index contributed by atoms with van der Waals surface area (Å²) < 4.78 is 5.28. The van der Waals surface area contributed by atoms with Crippen LogP contribution in [0.25, 0.3) is 0 Å². The van der Waals surface area contributed by atoms with Crippen LogP contribution in [0, 0.1) is 16.5 Å². The zero-order valence-corrected chi connectivity index (χ0v) is 11.1. The van der Waals surface area contributed by atoms with E-state index in [1.165, 1.54) is 0 Å². The van der Waals surface area contributed by atoms with Gasteiger partial charge >= 0.3 is 5.97 Å². The van der Waals surface area contributed by atoms with Gasteiger partial charge in [0.15, 0.2) is 0 Å². The van der Waals surface area contributed by atoms with E-state index in [2.05, 4.69) is 0 Å². The molecular formula is C13H23NO3. The lowest BCUT2D eigenvalue weighted by atomic mass is 9.97. The molecule has 2 rings (SSSR count). The van der Waals surface area contributed by atoms with Crippen LogP contribution in [0.1, 0.15) is 40.0 Å². The average molecular weight is 241 g/mol. The van der Waals surface area contributed by atoms with Gasteiger partial charge in [-0.25, -0.2) is 0 Å². The number of ether oxygens (including phenoxy) is 1. The molecule has 2 fully saturated rings. The van der Waals surface area contributed by atoms with Gasteiger partial charge in [-0.05, 0) is 20.8 Å². The number of hydroxylamine groups is 3. The monoisotopic (exact) mass is 241 g/mol. The van der Waals surface area contributed by atoms with Gasteiger partial charge in [-0.1, -0.05) is 0 Å². The van der Waals surface area contributed by atoms with E-state index in [-0.39, 0.29) is 22.6 Å². The van der Waals surface area contributed by atoms with E-state index in [0.717, 1.165) is 25.8 Å². The van der Waals surface area contributed by atoms with E-state index in [1.54, 1.807) is 0 Å². The molecule has 0 bridgehead atoms. The highest BCUT2D eigenvalue weighted by Gasteiger charge is 2.44. The molecule has 0 amide bonds. The summed E-state index contributed by atoms with van der Waals surface area (Å²) in [4.78, 5) is 11.6. The summed E-state index contributed by atoms with van der Waals surface area (Å²) in [5.74, 6) is 0.103. The van der Waals surface area contributed by atoms with Crippen LogP contribution in [-0.2, 0) is 9.53 Å². The second-order valence-electron chi connectivity index (χ2n) is 6.60. The molecule has 0 aromatic rings. The van der Waals surface area contributed by atoms with Crippen molar-refractivity contribution in [2.75, 3.05) is 19.7 Å². The average Bonchev–Trinajstić information content (AvgIpc) is 2.67. The highest BCUT2D eigenvalue weighted by molar-refractivity contribution is 5.75. The van der Waals surface area contributed by atoms with E-state index in [1.807, 2.05) is 20.8 Å². The minimum atomic E-state index is -0.446. The molecule has 0 radical (unpaired) electrons. The number of fused-ring (bicyclic) bond motifs is 1. The summed E-state index contributed by atoms with van der Waals surface area (Å²) in [5.41, 5.74) is -0.446. The van der Waals surface area contributed by atoms with E-state index in [9.17, 15) is 10.0 Å². The van der Waals surface area contributed by atoms with Crippen molar-refractivity contribution in [3.63, 3.8) is 0 Å². The second kappa shape index (κ2) is 4.25. The minimum absolute atomic E-state index is 0.0300. The molecule has 3 atom stereocenters. The molecule has 3 unspecified atom stereocenters. The maximum Gasteiger partial charge on any atom is 0.311 e. The number of hydrogen-bond acceptors (Lipinski definition) is 3. The van der Waals surface area contributed by atoms with Gasteiger partial charge in [0, 0.05) is 25.2 Å². The Morgan fingerprint density at radius 2 is 2.18 bits per heavy atom. The summed E-state index contributed by atoms with van der Waals surface area (Å²) in [6.07, 6.45) is 3.04. The van der Waals surface area contributed by atoms with Crippen molar-refractivity contribution in [3.8, 4) is 0 Å². The molecule has 4 nitrogen and oxygen atoms in total. The van der Waals surface area contributed by atoms with E-state index >= 15 is 0 Å². The first kappa shape index (κ1) is 12.8. The summed E-state index contributed by atoms with van der Waals surface area (Å²) in [7, 11) is 0. The molecule has 0 aromatic heterocycles. The number of hydrogen-bond donors (Lipinski definition) is 0. The Balaban J connectivity index is 1.81. The van der Waals surface area contributed by atoms with E-state index in [0.29, 0.717) is 13.2 Å². The maximum absolute atomic E-state index is 12.3. The standard InChI is InChI=1S/C13H23NO3/c1-13(2,3)12(15)17-9-10-7-11-5-4-6-14(11,16)8-10/h10-11H,4-9H2,1-3H3. The third kappa shape index (κ3) is 2.63. The first-order valence-corrected chi connectivity index (χ1v) is 6.56. The number of quaternary nitrogens is 1. The van der Waals surface area contributed by atoms with Gasteiger partial charge in [-0.2, -0.15) is 0 Å². The lowest BCUT2D eigenvalue weighted by Crippen LogP contribution is -2.41. The van der Waals surface area contributed by atoms with E-state index in [4.69, 9.17) is 4.74 Å². The van der Waals surface area contributed by atoms with Crippen molar-refractivity contribution in [1.82, 2.24) is 0 Å². The Morgan fingerprint density at radius 3 is 2.76 bits per heavy atom. The zero-order valence-electron chi connectivity index (χ0n) is 11.1. The van der Waals surface area contributed by atoms with Crippen LogP contribution in [0.5, 0.6) is 0 Å². The number of carbonyl (C=O) groups excluding carboxylic acids is 1. The van der Waals surface area contributed by atoms with Gasteiger partial charge in [-0.3, -0.25) is 4.79 Å². The van der Waals surface area contributed by atoms with Crippen LogP contribution in [0.3, 0.4) is 0 Å². The molecule has 0 spiro atoms. The molecule has 2 heterocycles. The Kier molecular flexibility index (Phi) is 3.21. The molecule has 0 aliphatic carbocycles. The first-order valence-electron chi connectivity index (χ1n) is 6.56. The molecular weight excluding hydrogens is 218 g/mol. The molecule has 2 aliphatic heterocycles. The topological polar surface area (TPSA) is 49.4 Å². The number of carbonyl (C=O) groups is 1. The number of rotatable bonds is 2. The number of esters is 1. The lowest BCUT2D eigenvalue weighted by Gasteiger charge is -2.39. The van der Waals surface area contributed by atoms with Crippen molar-refractivity contribution in [1.29, 1.82) is 0 Å². The van der Waals surface area contributed by atoms with Gasteiger partial charge in [0.1, 0.15) is 0 Å². The summed E-state index contributed by atoms with van der Waals surface area (Å²) in [6, 6.07) is 0.272. The normalized spacial score (nSPS) is 36.9. The quantitative estimate of drug-likeness (QED) is 0.422. The molecule has 0 saturated carbocycles. The molecule has 0 N–H and O–H groups in total. The summed E-state index contributed by atoms with van der Waals surface area (Å²) in [6.45, 7) is 7.38. The van der Waals surface area contributed by atoms with Gasteiger partial charge in [-0.15, -0.1) is 0 Å². The zero-order chi connectivity index (χ0) is 12.7. The fourth-order valence-corrected chi connectivity index (χ4v) is 2.99. The molecule has 98 valence electrons. The Morgan fingerprint density at radius 1 is 1.47 bits per heavy atom. The Labute approximate surface area is 103 Å². The fraction of sp³-hybridized carbons (Fsp3) is 0.923. The van der Waals surface area contributed by atoms with Crippen molar-refractivity contribution in [3.05, 3.63) is 5.21 Å². The largest absolute Gasteiger partial charge is 0.633 e. The second-order valence-corrected chi connectivity index (χ2v) is 6.60. The van der Waals surface area contributed by atoms with Crippen molar-refractivity contribution >= 4 is 5.97 Å². The van der Waals surface area contributed by atoms with Crippen LogP contribution in [0.2, 0.25) is 0 Å². The first-order chi connectivity index (χ1) is 7.81. The van der Waals surface area contributed by atoms with Gasteiger partial charge in [0.05, 0.1) is 31.2 Å². The van der Waals surface area contributed by atoms with Crippen molar-refractivity contribution in [2.45, 2.75) is 46.1 Å². The smallest absolute Gasteiger partial charge is 0.311 e. The summed E-state index contributed by atoms with van der Waals surface area (Å²) in [5, 5.41) is 12.3. The third-order valence-electron chi connectivity index (χ3n) is 3.97. The highest BCUT2D eigenvalue weighted by Crippen LogP contribution is 2.38. The van der Waals surface area contributed by atoms with Gasteiger partial charge < -0.3 is 14.6 Å². The van der Waals surface area contributed by atoms with Crippen LogP contribution in [0.4, 0.5) is 0 Å². The molecule has 2 aliphatic rings. The van der Waals surface area contributed by atoms with Crippen molar-refractivity contribution < 1.29 is 14.2 Å². The summed E-state index contributed by atoms with van der Waals surface area (Å²) >= 11 is 0. The van der Waals surface area contributed by atoms with Gasteiger partial charge in [0.2, 0.25) is 0 Å². The van der Waals surface area contributed by atoms with Crippen molar-refractivity contribution in [2.24, 2.45) is 11.3 Å².